The molecule has 0 unspecified atom stereocenters. The van der Waals surface area contributed by atoms with E-state index in [-0.39, 0.29) is 22.3 Å². The van der Waals surface area contributed by atoms with Crippen molar-refractivity contribution in [2.75, 3.05) is 6.54 Å². The second-order valence-electron chi connectivity index (χ2n) is 4.92. The molecule has 2 aromatic rings. The van der Waals surface area contributed by atoms with Crippen molar-refractivity contribution >= 4 is 11.9 Å². The predicted molar refractivity (Wildman–Crippen MR) is 74.8 cm³/mol. The molecule has 0 atom stereocenters. The van der Waals surface area contributed by atoms with Gasteiger partial charge in [0.15, 0.2) is 0 Å². The third kappa shape index (κ3) is 2.04. The van der Waals surface area contributed by atoms with E-state index in [1.54, 1.807) is 6.07 Å². The number of carboxylic acids is 1. The summed E-state index contributed by atoms with van der Waals surface area (Å²) in [6.07, 6.45) is 0. The quantitative estimate of drug-likeness (QED) is 0.916. The minimum atomic E-state index is -3.17. The van der Waals surface area contributed by atoms with E-state index in [1.165, 1.54) is 36.4 Å². The highest BCUT2D eigenvalue weighted by molar-refractivity contribution is 6.04. The van der Waals surface area contributed by atoms with E-state index in [1.807, 2.05) is 0 Å². The van der Waals surface area contributed by atoms with E-state index in [4.69, 9.17) is 5.11 Å². The van der Waals surface area contributed by atoms with Gasteiger partial charge in [0.1, 0.15) is 6.54 Å². The molecule has 0 aromatic heterocycles. The third-order valence-electron chi connectivity index (χ3n) is 3.58. The van der Waals surface area contributed by atoms with Gasteiger partial charge in [0.05, 0.1) is 0 Å². The predicted octanol–water partition coefficient (Wildman–Crippen LogP) is 2.62. The number of nitrogens with one attached hydrogen (secondary N) is 1. The Bertz CT molecular complexity index is 787. The normalized spacial score (nSPS) is 14.1. The fourth-order valence-corrected chi connectivity index (χ4v) is 2.66. The molecule has 3 rings (SSSR count). The fourth-order valence-electron chi connectivity index (χ4n) is 2.66. The average molecular weight is 303 g/mol. The Balaban J connectivity index is 2.14. The van der Waals surface area contributed by atoms with Crippen LogP contribution >= 0.6 is 0 Å². The molecule has 0 fully saturated rings. The summed E-state index contributed by atoms with van der Waals surface area (Å²) >= 11 is 0. The third-order valence-corrected chi connectivity index (χ3v) is 3.58. The van der Waals surface area contributed by atoms with Crippen LogP contribution in [0.15, 0.2) is 42.5 Å². The number of benzene rings is 2. The molecule has 22 heavy (non-hydrogen) atoms. The van der Waals surface area contributed by atoms with Crippen molar-refractivity contribution in [2.24, 2.45) is 0 Å². The largest absolute Gasteiger partial charge is 0.480 e. The first-order valence-electron chi connectivity index (χ1n) is 6.54. The Labute approximate surface area is 124 Å². The Morgan fingerprint density at radius 2 is 1.73 bits per heavy atom. The molecule has 0 heterocycles. The van der Waals surface area contributed by atoms with Gasteiger partial charge in [-0.2, -0.15) is 8.78 Å². The SMILES string of the molecule is O=C(O)CNC(=O)c1cccc2c1-c1ccccc1C2(F)F. The number of alkyl halides is 2. The van der Waals surface area contributed by atoms with Gasteiger partial charge in [0, 0.05) is 22.3 Å². The molecule has 0 aliphatic heterocycles. The maximum atomic E-state index is 14.5. The van der Waals surface area contributed by atoms with Crippen LogP contribution in [0.3, 0.4) is 0 Å². The number of halogens is 2. The van der Waals surface area contributed by atoms with Crippen LogP contribution in [0.2, 0.25) is 0 Å². The van der Waals surface area contributed by atoms with E-state index < -0.39 is 24.3 Å². The number of amides is 1. The van der Waals surface area contributed by atoms with Crippen molar-refractivity contribution in [3.63, 3.8) is 0 Å². The second-order valence-corrected chi connectivity index (χ2v) is 4.92. The Morgan fingerprint density at radius 3 is 2.45 bits per heavy atom. The summed E-state index contributed by atoms with van der Waals surface area (Å²) in [7, 11) is 0. The standard InChI is InChI=1S/C16H11F2NO3/c17-16(18)11-6-2-1-4-9(11)14-10(5-3-7-12(14)16)15(22)19-8-13(20)21/h1-7H,8H2,(H,19,22)(H,20,21). The maximum absolute atomic E-state index is 14.5. The van der Waals surface area contributed by atoms with Gasteiger partial charge in [-0.1, -0.05) is 36.4 Å². The van der Waals surface area contributed by atoms with Crippen LogP contribution < -0.4 is 5.32 Å². The van der Waals surface area contributed by atoms with Gasteiger partial charge in [-0.15, -0.1) is 0 Å². The average Bonchev–Trinajstić information content (AvgIpc) is 2.74. The molecule has 4 nitrogen and oxygen atoms in total. The molecule has 0 bridgehead atoms. The molecule has 1 aliphatic rings. The molecule has 2 N–H and O–H groups in total. The van der Waals surface area contributed by atoms with E-state index >= 15 is 0 Å². The number of aliphatic carboxylic acids is 1. The van der Waals surface area contributed by atoms with Crippen LogP contribution in [-0.2, 0) is 10.7 Å². The minimum Gasteiger partial charge on any atom is -0.480 e. The number of fused-ring (bicyclic) bond motifs is 3. The number of rotatable bonds is 3. The van der Waals surface area contributed by atoms with Crippen LogP contribution in [0.4, 0.5) is 8.78 Å². The summed E-state index contributed by atoms with van der Waals surface area (Å²) in [5, 5.41) is 10.8. The molecule has 0 saturated heterocycles. The second kappa shape index (κ2) is 4.91. The van der Waals surface area contributed by atoms with Gasteiger partial charge in [-0.25, -0.2) is 0 Å². The van der Waals surface area contributed by atoms with Gasteiger partial charge >= 0.3 is 5.97 Å². The molecule has 1 amide bonds. The molecule has 112 valence electrons. The van der Waals surface area contributed by atoms with E-state index in [0.29, 0.717) is 5.56 Å². The van der Waals surface area contributed by atoms with Crippen molar-refractivity contribution in [3.8, 4) is 11.1 Å². The molecular formula is C16H11F2NO3. The summed E-state index contributed by atoms with van der Waals surface area (Å²) < 4.78 is 28.9. The number of hydrogen-bond donors (Lipinski definition) is 2. The van der Waals surface area contributed by atoms with Crippen molar-refractivity contribution in [2.45, 2.75) is 5.92 Å². The highest BCUT2D eigenvalue weighted by Gasteiger charge is 2.45. The zero-order valence-corrected chi connectivity index (χ0v) is 11.3. The molecule has 0 saturated carbocycles. The Kier molecular flexibility index (Phi) is 3.16. The van der Waals surface area contributed by atoms with Crippen LogP contribution in [0.25, 0.3) is 11.1 Å². The lowest BCUT2D eigenvalue weighted by Gasteiger charge is -2.12. The lowest BCUT2D eigenvalue weighted by molar-refractivity contribution is -0.135. The number of carbonyl (C=O) groups is 2. The monoisotopic (exact) mass is 303 g/mol. The smallest absolute Gasteiger partial charge is 0.322 e. The summed E-state index contributed by atoms with van der Waals surface area (Å²) in [5.41, 5.74) is 0.109. The van der Waals surface area contributed by atoms with Crippen molar-refractivity contribution in [3.05, 3.63) is 59.2 Å². The van der Waals surface area contributed by atoms with Crippen LogP contribution in [0.1, 0.15) is 21.5 Å². The first-order chi connectivity index (χ1) is 10.4. The number of carboxylic acid groups (broad SMARTS) is 1. The lowest BCUT2D eigenvalue weighted by Crippen LogP contribution is -2.29. The lowest BCUT2D eigenvalue weighted by atomic mass is 9.99. The van der Waals surface area contributed by atoms with Crippen LogP contribution in [0.5, 0.6) is 0 Å². The van der Waals surface area contributed by atoms with Crippen molar-refractivity contribution in [1.29, 1.82) is 0 Å². The number of carbonyl (C=O) groups excluding carboxylic acids is 1. The number of hydrogen-bond acceptors (Lipinski definition) is 2. The summed E-state index contributed by atoms with van der Waals surface area (Å²) in [5.74, 6) is -5.06. The van der Waals surface area contributed by atoms with Gasteiger partial charge < -0.3 is 10.4 Å². The van der Waals surface area contributed by atoms with Crippen molar-refractivity contribution < 1.29 is 23.5 Å². The summed E-state index contributed by atoms with van der Waals surface area (Å²) in [6, 6.07) is 10.1. The molecule has 2 aromatic carbocycles. The summed E-state index contributed by atoms with van der Waals surface area (Å²) in [6.45, 7) is -0.569. The molecule has 0 radical (unpaired) electrons. The van der Waals surface area contributed by atoms with E-state index in [0.717, 1.165) is 0 Å². The van der Waals surface area contributed by atoms with Gasteiger partial charge in [-0.3, -0.25) is 9.59 Å². The fraction of sp³-hybridized carbons (Fsp3) is 0.125. The van der Waals surface area contributed by atoms with Crippen molar-refractivity contribution in [1.82, 2.24) is 5.32 Å². The molecular weight excluding hydrogens is 292 g/mol. The first kappa shape index (κ1) is 14.2. The van der Waals surface area contributed by atoms with Crippen LogP contribution in [-0.4, -0.2) is 23.5 Å². The summed E-state index contributed by atoms with van der Waals surface area (Å²) in [4.78, 5) is 22.6. The zero-order chi connectivity index (χ0) is 15.9. The molecule has 1 aliphatic carbocycles. The first-order valence-corrected chi connectivity index (χ1v) is 6.54. The molecule has 0 spiro atoms. The Hall–Kier alpha value is -2.76. The van der Waals surface area contributed by atoms with Crippen LogP contribution in [0, 0.1) is 0 Å². The molecule has 6 heteroatoms. The minimum absolute atomic E-state index is 0.0448. The Morgan fingerprint density at radius 1 is 1.05 bits per heavy atom. The zero-order valence-electron chi connectivity index (χ0n) is 11.3. The highest BCUT2D eigenvalue weighted by atomic mass is 19.3. The van der Waals surface area contributed by atoms with E-state index in [2.05, 4.69) is 5.32 Å². The topological polar surface area (TPSA) is 66.4 Å². The highest BCUT2D eigenvalue weighted by Crippen LogP contribution is 2.51. The van der Waals surface area contributed by atoms with Gasteiger partial charge in [0.25, 0.3) is 11.8 Å². The van der Waals surface area contributed by atoms with Gasteiger partial charge in [0.2, 0.25) is 0 Å². The maximum Gasteiger partial charge on any atom is 0.322 e. The van der Waals surface area contributed by atoms with E-state index in [9.17, 15) is 18.4 Å². The van der Waals surface area contributed by atoms with Gasteiger partial charge in [-0.05, 0) is 11.6 Å².